The summed E-state index contributed by atoms with van der Waals surface area (Å²) >= 11 is 1.30. The average Bonchev–Trinajstić information content (AvgIpc) is 3.40. The maximum absolute atomic E-state index is 12.9. The van der Waals surface area contributed by atoms with Gasteiger partial charge in [-0.1, -0.05) is 13.8 Å². The molecule has 1 aliphatic heterocycles. The van der Waals surface area contributed by atoms with Crippen LogP contribution in [-0.2, 0) is 0 Å². The van der Waals surface area contributed by atoms with Crippen LogP contribution in [0.15, 0.2) is 24.5 Å². The van der Waals surface area contributed by atoms with Crippen molar-refractivity contribution in [2.75, 3.05) is 26.3 Å². The maximum Gasteiger partial charge on any atom is 0.263 e. The first kappa shape index (κ1) is 23.3. The van der Waals surface area contributed by atoms with Gasteiger partial charge in [0.1, 0.15) is 5.52 Å². The Morgan fingerprint density at radius 3 is 2.61 bits per heavy atom. The quantitative estimate of drug-likeness (QED) is 0.418. The summed E-state index contributed by atoms with van der Waals surface area (Å²) in [4.78, 5) is 40.7. The fourth-order valence-corrected chi connectivity index (χ4v) is 4.52. The van der Waals surface area contributed by atoms with E-state index in [0.29, 0.717) is 40.4 Å². The highest BCUT2D eigenvalue weighted by atomic mass is 32.1. The number of aromatic nitrogens is 3. The highest BCUT2D eigenvalue weighted by Crippen LogP contribution is 2.34. The lowest BCUT2D eigenvalue weighted by Gasteiger charge is -2.47. The molecule has 0 bridgehead atoms. The number of nitrogens with zero attached hydrogens (tertiary/aromatic N) is 3. The highest BCUT2D eigenvalue weighted by molar-refractivity contribution is 7.17. The van der Waals surface area contributed by atoms with Crippen molar-refractivity contribution in [2.24, 2.45) is 11.3 Å². The first-order valence-electron chi connectivity index (χ1n) is 10.9. The number of aliphatic hydroxyl groups excluding tert-OH is 2. The van der Waals surface area contributed by atoms with Gasteiger partial charge in [0.2, 0.25) is 0 Å². The van der Waals surface area contributed by atoms with E-state index >= 15 is 0 Å². The normalized spacial score (nSPS) is 15.7. The number of aliphatic hydroxyl groups is 2. The summed E-state index contributed by atoms with van der Waals surface area (Å²) in [5, 5.41) is 21.9. The monoisotopic (exact) mass is 471 g/mol. The van der Waals surface area contributed by atoms with Gasteiger partial charge >= 0.3 is 0 Å². The number of aromatic amines is 1. The molecule has 0 aromatic carbocycles. The topological polar surface area (TPSA) is 131 Å². The number of likely N-dealkylation sites (tertiary alicyclic amines) is 1. The van der Waals surface area contributed by atoms with Gasteiger partial charge in [-0.3, -0.25) is 9.59 Å². The summed E-state index contributed by atoms with van der Waals surface area (Å²) in [6.07, 6.45) is 3.23. The molecule has 0 radical (unpaired) electrons. The zero-order valence-corrected chi connectivity index (χ0v) is 20.0. The summed E-state index contributed by atoms with van der Waals surface area (Å²) in [6.45, 7) is 8.41. The van der Waals surface area contributed by atoms with Crippen LogP contribution in [0.25, 0.3) is 21.7 Å². The van der Waals surface area contributed by atoms with Gasteiger partial charge in [0.05, 0.1) is 45.8 Å². The minimum absolute atomic E-state index is 0.143. The predicted octanol–water partition coefficient (Wildman–Crippen LogP) is 2.28. The number of H-pyrrole nitrogens is 1. The zero-order valence-electron chi connectivity index (χ0n) is 19.2. The second kappa shape index (κ2) is 8.51. The van der Waals surface area contributed by atoms with Crippen LogP contribution < -0.4 is 5.32 Å². The van der Waals surface area contributed by atoms with Crippen molar-refractivity contribution in [3.63, 3.8) is 0 Å². The van der Waals surface area contributed by atoms with Crippen LogP contribution in [0.4, 0.5) is 0 Å². The minimum Gasteiger partial charge on any atom is -0.396 e. The minimum atomic E-state index is -0.609. The SMILES string of the molecule is CC(C)C(C)(C)NC(=O)c1c[nH]c2ncc(-c3ccc(C(=O)N4CC(CO)(CO)C4)s3)nc12. The molecule has 1 aliphatic rings. The molecule has 9 nitrogen and oxygen atoms in total. The van der Waals surface area contributed by atoms with Gasteiger partial charge in [-0.25, -0.2) is 9.97 Å². The summed E-state index contributed by atoms with van der Waals surface area (Å²) in [5.74, 6) is -0.111. The van der Waals surface area contributed by atoms with E-state index in [4.69, 9.17) is 0 Å². The van der Waals surface area contributed by atoms with Gasteiger partial charge in [-0.05, 0) is 31.9 Å². The van der Waals surface area contributed by atoms with Crippen molar-refractivity contribution in [2.45, 2.75) is 33.2 Å². The Morgan fingerprint density at radius 1 is 1.27 bits per heavy atom. The Labute approximate surface area is 195 Å². The van der Waals surface area contributed by atoms with Gasteiger partial charge in [0.25, 0.3) is 11.8 Å². The predicted molar refractivity (Wildman–Crippen MR) is 126 cm³/mol. The van der Waals surface area contributed by atoms with Crippen molar-refractivity contribution < 1.29 is 19.8 Å². The van der Waals surface area contributed by atoms with E-state index in [2.05, 4.69) is 34.1 Å². The van der Waals surface area contributed by atoms with Gasteiger partial charge < -0.3 is 25.4 Å². The molecule has 0 atom stereocenters. The molecule has 10 heteroatoms. The first-order chi connectivity index (χ1) is 15.6. The third-order valence-electron chi connectivity index (χ3n) is 6.58. The highest BCUT2D eigenvalue weighted by Gasteiger charge is 2.44. The third-order valence-corrected chi connectivity index (χ3v) is 7.68. The van der Waals surface area contributed by atoms with Gasteiger partial charge in [0.15, 0.2) is 5.65 Å². The smallest absolute Gasteiger partial charge is 0.263 e. The Bertz CT molecular complexity index is 1190. The lowest BCUT2D eigenvalue weighted by atomic mass is 9.81. The van der Waals surface area contributed by atoms with E-state index < -0.39 is 5.41 Å². The molecule has 1 saturated heterocycles. The summed E-state index contributed by atoms with van der Waals surface area (Å²) in [7, 11) is 0. The van der Waals surface area contributed by atoms with E-state index in [1.54, 1.807) is 23.4 Å². The first-order valence-corrected chi connectivity index (χ1v) is 11.7. The van der Waals surface area contributed by atoms with E-state index in [0.717, 1.165) is 4.88 Å². The molecule has 0 unspecified atom stereocenters. The van der Waals surface area contributed by atoms with Crippen LogP contribution in [0.3, 0.4) is 0 Å². The fourth-order valence-electron chi connectivity index (χ4n) is 3.59. The molecule has 1 fully saturated rings. The molecule has 2 amide bonds. The molecule has 4 rings (SSSR count). The van der Waals surface area contributed by atoms with E-state index in [-0.39, 0.29) is 36.5 Å². The van der Waals surface area contributed by atoms with Crippen LogP contribution in [-0.4, -0.2) is 73.7 Å². The van der Waals surface area contributed by atoms with Crippen LogP contribution in [0.2, 0.25) is 0 Å². The number of carbonyl (C=O) groups excluding carboxylic acids is 2. The fraction of sp³-hybridized carbons (Fsp3) is 0.478. The Morgan fingerprint density at radius 2 is 1.97 bits per heavy atom. The number of hydrogen-bond acceptors (Lipinski definition) is 7. The standard InChI is InChI=1S/C23H29N5O4S/c1-13(2)22(3,4)27-20(31)14-7-24-19-18(14)26-15(8-25-19)16-5-6-17(33-16)21(32)28-9-23(10-28,11-29)12-30/h5-8,13,29-30H,9-12H2,1-4H3,(H,24,25)(H,27,31). The van der Waals surface area contributed by atoms with Crippen molar-refractivity contribution in [1.29, 1.82) is 0 Å². The Kier molecular flexibility index (Phi) is 6.02. The molecule has 3 aromatic rings. The largest absolute Gasteiger partial charge is 0.396 e. The second-order valence-electron chi connectivity index (χ2n) is 9.63. The second-order valence-corrected chi connectivity index (χ2v) is 10.7. The number of rotatable bonds is 7. The number of thiophene rings is 1. The lowest BCUT2D eigenvalue weighted by molar-refractivity contribution is -0.0587. The molecule has 3 aromatic heterocycles. The number of amides is 2. The van der Waals surface area contributed by atoms with E-state index in [1.807, 2.05) is 19.9 Å². The van der Waals surface area contributed by atoms with Crippen LogP contribution in [0, 0.1) is 11.3 Å². The van der Waals surface area contributed by atoms with Crippen LogP contribution in [0.1, 0.15) is 47.7 Å². The van der Waals surface area contributed by atoms with Gasteiger partial charge in [-0.2, -0.15) is 0 Å². The average molecular weight is 472 g/mol. The van der Waals surface area contributed by atoms with Crippen molar-refractivity contribution in [3.8, 4) is 10.6 Å². The van der Waals surface area contributed by atoms with Gasteiger partial charge in [0, 0.05) is 24.8 Å². The summed E-state index contributed by atoms with van der Waals surface area (Å²) in [5.41, 5.74) is 1.00. The van der Waals surface area contributed by atoms with E-state index in [9.17, 15) is 19.8 Å². The van der Waals surface area contributed by atoms with Crippen molar-refractivity contribution in [3.05, 3.63) is 35.0 Å². The zero-order chi connectivity index (χ0) is 24.0. The van der Waals surface area contributed by atoms with Crippen molar-refractivity contribution >= 4 is 34.3 Å². The Balaban J connectivity index is 1.55. The third kappa shape index (κ3) is 4.25. The lowest BCUT2D eigenvalue weighted by Crippen LogP contribution is -2.61. The molecule has 0 aliphatic carbocycles. The summed E-state index contributed by atoms with van der Waals surface area (Å²) in [6, 6.07) is 3.55. The molecule has 0 spiro atoms. The molecular weight excluding hydrogens is 442 g/mol. The number of carbonyl (C=O) groups is 2. The van der Waals surface area contributed by atoms with Crippen LogP contribution >= 0.6 is 11.3 Å². The molecule has 4 heterocycles. The van der Waals surface area contributed by atoms with Crippen LogP contribution in [0.5, 0.6) is 0 Å². The number of hydrogen-bond donors (Lipinski definition) is 4. The van der Waals surface area contributed by atoms with E-state index in [1.165, 1.54) is 11.3 Å². The maximum atomic E-state index is 12.9. The molecule has 176 valence electrons. The molecule has 4 N–H and O–H groups in total. The molecule has 0 saturated carbocycles. The number of fused-ring (bicyclic) bond motifs is 1. The van der Waals surface area contributed by atoms with Gasteiger partial charge in [-0.15, -0.1) is 11.3 Å². The number of nitrogens with one attached hydrogen (secondary N) is 2. The summed E-state index contributed by atoms with van der Waals surface area (Å²) < 4.78 is 0. The Hall–Kier alpha value is -2.82. The molecular formula is C23H29N5O4S. The van der Waals surface area contributed by atoms with Crippen molar-refractivity contribution in [1.82, 2.24) is 25.2 Å². The molecule has 33 heavy (non-hydrogen) atoms.